The molecule has 2 aromatic carbocycles. The molecule has 0 radical (unpaired) electrons. The molecule has 3 N–H and O–H groups in total. The van der Waals surface area contributed by atoms with Gasteiger partial charge in [-0.1, -0.05) is 6.08 Å². The van der Waals surface area contributed by atoms with Crippen molar-refractivity contribution in [2.24, 2.45) is 0 Å². The summed E-state index contributed by atoms with van der Waals surface area (Å²) in [6, 6.07) is 7.69. The van der Waals surface area contributed by atoms with Crippen LogP contribution in [0.3, 0.4) is 0 Å². The molecule has 12 heteroatoms. The number of allylic oxidation sites excluding steroid dienone is 1. The third-order valence-corrected chi connectivity index (χ3v) is 8.05. The molecule has 3 atom stereocenters. The van der Waals surface area contributed by atoms with Crippen LogP contribution < -0.4 is 24.3 Å². The van der Waals surface area contributed by atoms with Crippen LogP contribution in [0, 0.1) is 3.57 Å². The van der Waals surface area contributed by atoms with Crippen LogP contribution in [0.2, 0.25) is 0 Å². The molecule has 238 valence electrons. The number of ether oxygens (including phenoxy) is 4. The molecular weight excluding hydrogens is 683 g/mol. The number of carbonyl (C=O) groups excluding carboxylic acids is 3. The molecule has 0 aliphatic heterocycles. The number of nitrogens with one attached hydrogen (secondary N) is 1. The molecule has 1 aliphatic rings. The van der Waals surface area contributed by atoms with E-state index in [1.54, 1.807) is 43.4 Å². The van der Waals surface area contributed by atoms with Gasteiger partial charge in [0.2, 0.25) is 11.8 Å². The fourth-order valence-corrected chi connectivity index (χ4v) is 5.75. The summed E-state index contributed by atoms with van der Waals surface area (Å²) in [5.41, 5.74) is 1.47. The molecule has 1 aliphatic carbocycles. The standard InChI is InChI=1S/C32H39IN2O9/c1-5-6-7-29(38)35(12-10-21-16-23(41-2)8-9-26(21)42-3)25-17-22(32(40)34-11-13-36)18-27(30(25)39)44-31-24(33)14-20(19-37)15-28(31)43-4/h5,8-9,14-16,18-19,25,27,30,36,39H,1,6-7,10-13,17H2,2-4H3,(H,34,40)/t25-,27+,30+/m1/s1. The molecule has 44 heavy (non-hydrogen) atoms. The number of aliphatic hydroxyl groups is 2. The predicted octanol–water partition coefficient (Wildman–Crippen LogP) is 3.08. The Morgan fingerprint density at radius 3 is 2.52 bits per heavy atom. The summed E-state index contributed by atoms with van der Waals surface area (Å²) < 4.78 is 23.2. The van der Waals surface area contributed by atoms with Crippen LogP contribution in [0.25, 0.3) is 0 Å². The molecule has 0 saturated carbocycles. The lowest BCUT2D eigenvalue weighted by atomic mass is 9.87. The van der Waals surface area contributed by atoms with Gasteiger partial charge < -0.3 is 39.4 Å². The van der Waals surface area contributed by atoms with Crippen LogP contribution in [-0.2, 0) is 16.0 Å². The van der Waals surface area contributed by atoms with Gasteiger partial charge in [-0.15, -0.1) is 6.58 Å². The van der Waals surface area contributed by atoms with E-state index in [2.05, 4.69) is 11.9 Å². The second kappa shape index (κ2) is 17.0. The molecule has 2 amide bonds. The first kappa shape index (κ1) is 34.9. The zero-order valence-electron chi connectivity index (χ0n) is 25.1. The third kappa shape index (κ3) is 8.73. The summed E-state index contributed by atoms with van der Waals surface area (Å²) in [6.07, 6.45) is 2.57. The van der Waals surface area contributed by atoms with Crippen molar-refractivity contribution < 1.29 is 43.5 Å². The minimum Gasteiger partial charge on any atom is -0.497 e. The Kier molecular flexibility index (Phi) is 13.5. The van der Waals surface area contributed by atoms with Crippen LogP contribution in [0.5, 0.6) is 23.0 Å². The number of aldehydes is 1. The van der Waals surface area contributed by atoms with Crippen molar-refractivity contribution in [2.75, 3.05) is 41.0 Å². The smallest absolute Gasteiger partial charge is 0.247 e. The summed E-state index contributed by atoms with van der Waals surface area (Å²) in [6.45, 7) is 3.71. The van der Waals surface area contributed by atoms with E-state index in [9.17, 15) is 24.6 Å². The summed E-state index contributed by atoms with van der Waals surface area (Å²) >= 11 is 2.01. The van der Waals surface area contributed by atoms with Crippen LogP contribution in [0.4, 0.5) is 0 Å². The summed E-state index contributed by atoms with van der Waals surface area (Å²) in [5.74, 6) is 1.13. The number of nitrogens with zero attached hydrogens (tertiary/aromatic N) is 1. The monoisotopic (exact) mass is 722 g/mol. The van der Waals surface area contributed by atoms with Crippen molar-refractivity contribution in [1.29, 1.82) is 0 Å². The van der Waals surface area contributed by atoms with Gasteiger partial charge in [-0.2, -0.15) is 0 Å². The average molecular weight is 723 g/mol. The summed E-state index contributed by atoms with van der Waals surface area (Å²) in [7, 11) is 4.56. The topological polar surface area (TPSA) is 144 Å². The number of hydrogen-bond donors (Lipinski definition) is 3. The molecule has 0 bridgehead atoms. The number of rotatable bonds is 16. The normalized spacial score (nSPS) is 17.6. The molecule has 0 heterocycles. The lowest BCUT2D eigenvalue weighted by Gasteiger charge is -2.41. The van der Waals surface area contributed by atoms with Crippen LogP contribution in [0.1, 0.15) is 35.2 Å². The highest BCUT2D eigenvalue weighted by Crippen LogP contribution is 2.37. The zero-order chi connectivity index (χ0) is 32.2. The number of aliphatic hydroxyl groups excluding tert-OH is 2. The Labute approximate surface area is 271 Å². The molecule has 0 aromatic heterocycles. The number of amides is 2. The van der Waals surface area contributed by atoms with Crippen LogP contribution >= 0.6 is 22.6 Å². The van der Waals surface area contributed by atoms with E-state index in [0.717, 1.165) is 5.56 Å². The second-order valence-corrected chi connectivity index (χ2v) is 11.2. The Hall–Kier alpha value is -3.62. The van der Waals surface area contributed by atoms with E-state index in [1.165, 1.54) is 19.3 Å². The first-order valence-electron chi connectivity index (χ1n) is 14.1. The lowest BCUT2D eigenvalue weighted by Crippen LogP contribution is -2.55. The molecule has 11 nitrogen and oxygen atoms in total. The molecule has 0 unspecified atom stereocenters. The third-order valence-electron chi connectivity index (χ3n) is 7.25. The fraction of sp³-hybridized carbons (Fsp3) is 0.406. The van der Waals surface area contributed by atoms with Crippen molar-refractivity contribution in [3.63, 3.8) is 0 Å². The van der Waals surface area contributed by atoms with E-state index in [1.807, 2.05) is 28.7 Å². The first-order chi connectivity index (χ1) is 21.2. The van der Waals surface area contributed by atoms with Gasteiger partial charge in [0.15, 0.2) is 11.5 Å². The van der Waals surface area contributed by atoms with Gasteiger partial charge in [0.1, 0.15) is 30.0 Å². The summed E-state index contributed by atoms with van der Waals surface area (Å²) in [4.78, 5) is 39.8. The molecule has 0 saturated heterocycles. The zero-order valence-corrected chi connectivity index (χ0v) is 27.2. The van der Waals surface area contributed by atoms with Crippen molar-refractivity contribution in [3.05, 3.63) is 69.3 Å². The quantitative estimate of drug-likeness (QED) is 0.135. The lowest BCUT2D eigenvalue weighted by molar-refractivity contribution is -0.138. The fourth-order valence-electron chi connectivity index (χ4n) is 5.00. The van der Waals surface area contributed by atoms with E-state index in [0.29, 0.717) is 39.8 Å². The molecule has 3 rings (SSSR count). The largest absolute Gasteiger partial charge is 0.497 e. The van der Waals surface area contributed by atoms with Gasteiger partial charge in [0.25, 0.3) is 0 Å². The maximum absolute atomic E-state index is 13.6. The van der Waals surface area contributed by atoms with Gasteiger partial charge in [-0.3, -0.25) is 14.4 Å². The average Bonchev–Trinajstić information content (AvgIpc) is 3.04. The van der Waals surface area contributed by atoms with Crippen molar-refractivity contribution in [2.45, 2.75) is 43.9 Å². The van der Waals surface area contributed by atoms with Gasteiger partial charge in [-0.25, -0.2) is 0 Å². The van der Waals surface area contributed by atoms with E-state index in [4.69, 9.17) is 18.9 Å². The molecule has 0 fully saturated rings. The number of hydrogen-bond acceptors (Lipinski definition) is 9. The predicted molar refractivity (Wildman–Crippen MR) is 172 cm³/mol. The van der Waals surface area contributed by atoms with Crippen molar-refractivity contribution >= 4 is 40.7 Å². The first-order valence-corrected chi connectivity index (χ1v) is 15.2. The maximum Gasteiger partial charge on any atom is 0.247 e. The van der Waals surface area contributed by atoms with Crippen molar-refractivity contribution in [1.82, 2.24) is 10.2 Å². The van der Waals surface area contributed by atoms with Crippen LogP contribution in [0.15, 0.2) is 54.6 Å². The van der Waals surface area contributed by atoms with Gasteiger partial charge in [-0.05, 0) is 77.4 Å². The maximum atomic E-state index is 13.6. The van der Waals surface area contributed by atoms with Crippen molar-refractivity contribution in [3.8, 4) is 23.0 Å². The highest BCUT2D eigenvalue weighted by atomic mass is 127. The van der Waals surface area contributed by atoms with Gasteiger partial charge >= 0.3 is 0 Å². The summed E-state index contributed by atoms with van der Waals surface area (Å²) in [5, 5.41) is 23.7. The number of carbonyl (C=O) groups is 3. The van der Waals surface area contributed by atoms with Crippen LogP contribution in [-0.4, -0.2) is 92.5 Å². The Bertz CT molecular complexity index is 1360. The minimum absolute atomic E-state index is 0.0331. The number of methoxy groups -OCH3 is 3. The molecule has 0 spiro atoms. The highest BCUT2D eigenvalue weighted by molar-refractivity contribution is 14.1. The number of halogens is 1. The SMILES string of the molecule is C=CCCC(=O)N(CCc1cc(OC)ccc1OC)[C@@H]1CC(C(=O)NCCO)=C[C@H](Oc2c(I)cc(C=O)cc2OC)[C@H]1O. The number of benzene rings is 2. The Balaban J connectivity index is 2.03. The van der Waals surface area contributed by atoms with Gasteiger partial charge in [0, 0.05) is 37.1 Å². The molecular formula is C32H39IN2O9. The highest BCUT2D eigenvalue weighted by Gasteiger charge is 2.40. The Morgan fingerprint density at radius 2 is 1.89 bits per heavy atom. The Morgan fingerprint density at radius 1 is 1.14 bits per heavy atom. The van der Waals surface area contributed by atoms with E-state index < -0.39 is 24.2 Å². The van der Waals surface area contributed by atoms with E-state index >= 15 is 0 Å². The van der Waals surface area contributed by atoms with Gasteiger partial charge in [0.05, 0.1) is 37.5 Å². The molecule has 2 aromatic rings. The second-order valence-electron chi connectivity index (χ2n) is 10.0. The minimum atomic E-state index is -1.24. The van der Waals surface area contributed by atoms with E-state index in [-0.39, 0.29) is 55.5 Å².